The van der Waals surface area contributed by atoms with Crippen molar-refractivity contribution >= 4 is 23.0 Å². The molecule has 1 rings (SSSR count). The third kappa shape index (κ3) is 4.57. The van der Waals surface area contributed by atoms with E-state index in [2.05, 4.69) is 5.32 Å². The highest BCUT2D eigenvalue weighted by Gasteiger charge is 2.09. The van der Waals surface area contributed by atoms with Crippen LogP contribution in [0, 0.1) is 5.92 Å². The smallest absolute Gasteiger partial charge is 0.220 e. The molecule has 1 amide bonds. The zero-order valence-electron chi connectivity index (χ0n) is 9.66. The lowest BCUT2D eigenvalue weighted by Gasteiger charge is -2.06. The molecule has 0 fully saturated rings. The molecular weight excluding hydrogens is 222 g/mol. The molecule has 0 aliphatic rings. The van der Waals surface area contributed by atoms with E-state index in [9.17, 15) is 9.59 Å². The summed E-state index contributed by atoms with van der Waals surface area (Å²) >= 11 is 1.42. The highest BCUT2D eigenvalue weighted by molar-refractivity contribution is 7.12. The Balaban J connectivity index is 2.24. The monoisotopic (exact) mass is 239 g/mol. The van der Waals surface area contributed by atoms with Gasteiger partial charge in [0, 0.05) is 19.4 Å². The van der Waals surface area contributed by atoms with Crippen LogP contribution in [0.4, 0.5) is 0 Å². The van der Waals surface area contributed by atoms with Crippen LogP contribution in [0.15, 0.2) is 17.5 Å². The summed E-state index contributed by atoms with van der Waals surface area (Å²) in [6.45, 7) is 4.75. The molecule has 0 aliphatic carbocycles. The standard InChI is InChI=1S/C12H17NO2S/c1-9(2)8-13-12(15)6-5-10(14)11-4-3-7-16-11/h3-4,7,9H,5-6,8H2,1-2H3,(H,13,15). The van der Waals surface area contributed by atoms with Crippen molar-refractivity contribution in [2.24, 2.45) is 5.92 Å². The Kier molecular flexibility index (Phi) is 5.19. The summed E-state index contributed by atoms with van der Waals surface area (Å²) < 4.78 is 0. The molecule has 1 aromatic rings. The molecule has 0 aromatic carbocycles. The first-order valence-electron chi connectivity index (χ1n) is 5.43. The van der Waals surface area contributed by atoms with Crippen molar-refractivity contribution < 1.29 is 9.59 Å². The highest BCUT2D eigenvalue weighted by atomic mass is 32.1. The number of Topliss-reactive ketones (excluding diaryl/α,β-unsaturated/α-hetero) is 1. The molecule has 4 heteroatoms. The molecule has 88 valence electrons. The second-order valence-corrected chi connectivity index (χ2v) is 5.05. The number of thiophene rings is 1. The van der Waals surface area contributed by atoms with Crippen LogP contribution in [0.25, 0.3) is 0 Å². The lowest BCUT2D eigenvalue weighted by molar-refractivity contribution is -0.121. The van der Waals surface area contributed by atoms with Crippen molar-refractivity contribution in [2.45, 2.75) is 26.7 Å². The Morgan fingerprint density at radius 1 is 1.38 bits per heavy atom. The minimum Gasteiger partial charge on any atom is -0.356 e. The quantitative estimate of drug-likeness (QED) is 0.775. The van der Waals surface area contributed by atoms with Gasteiger partial charge in [0.25, 0.3) is 0 Å². The van der Waals surface area contributed by atoms with E-state index in [-0.39, 0.29) is 18.1 Å². The molecule has 1 aromatic heterocycles. The van der Waals surface area contributed by atoms with Crippen LogP contribution >= 0.6 is 11.3 Å². The van der Waals surface area contributed by atoms with Crippen LogP contribution in [-0.2, 0) is 4.79 Å². The fourth-order valence-corrected chi connectivity index (χ4v) is 1.89. The largest absolute Gasteiger partial charge is 0.356 e. The number of carbonyl (C=O) groups excluding carboxylic acids is 2. The molecule has 0 spiro atoms. The molecule has 0 saturated heterocycles. The zero-order valence-corrected chi connectivity index (χ0v) is 10.5. The van der Waals surface area contributed by atoms with E-state index in [1.54, 1.807) is 6.07 Å². The summed E-state index contributed by atoms with van der Waals surface area (Å²) in [5.74, 6) is 0.449. The third-order valence-electron chi connectivity index (χ3n) is 2.08. The van der Waals surface area contributed by atoms with Crippen LogP contribution in [0.2, 0.25) is 0 Å². The minimum absolute atomic E-state index is 0.0430. The number of carbonyl (C=O) groups is 2. The van der Waals surface area contributed by atoms with Gasteiger partial charge in [0.15, 0.2) is 5.78 Å². The number of hydrogen-bond acceptors (Lipinski definition) is 3. The Morgan fingerprint density at radius 3 is 2.69 bits per heavy atom. The van der Waals surface area contributed by atoms with Crippen LogP contribution in [0.1, 0.15) is 36.4 Å². The van der Waals surface area contributed by atoms with Gasteiger partial charge in [-0.15, -0.1) is 11.3 Å². The maximum Gasteiger partial charge on any atom is 0.220 e. The molecule has 0 unspecified atom stereocenters. The van der Waals surface area contributed by atoms with Crippen molar-refractivity contribution in [1.29, 1.82) is 0 Å². The molecule has 1 heterocycles. The van der Waals surface area contributed by atoms with E-state index in [4.69, 9.17) is 0 Å². The molecule has 16 heavy (non-hydrogen) atoms. The Hall–Kier alpha value is -1.16. The van der Waals surface area contributed by atoms with Gasteiger partial charge in [0.05, 0.1) is 4.88 Å². The van der Waals surface area contributed by atoms with Crippen molar-refractivity contribution in [3.8, 4) is 0 Å². The molecule has 0 atom stereocenters. The zero-order chi connectivity index (χ0) is 12.0. The maximum atomic E-state index is 11.6. The predicted molar refractivity (Wildman–Crippen MR) is 65.7 cm³/mol. The summed E-state index contributed by atoms with van der Waals surface area (Å²) in [5.41, 5.74) is 0. The molecule has 0 aliphatic heterocycles. The summed E-state index contributed by atoms with van der Waals surface area (Å²) in [6, 6.07) is 3.63. The van der Waals surface area contributed by atoms with Crippen molar-refractivity contribution in [3.05, 3.63) is 22.4 Å². The SMILES string of the molecule is CC(C)CNC(=O)CCC(=O)c1cccs1. The number of amides is 1. The van der Waals surface area contributed by atoms with E-state index in [1.165, 1.54) is 11.3 Å². The lowest BCUT2D eigenvalue weighted by atomic mass is 10.1. The molecule has 0 saturated carbocycles. The van der Waals surface area contributed by atoms with Gasteiger partial charge in [-0.2, -0.15) is 0 Å². The number of ketones is 1. The average Bonchev–Trinajstić information content (AvgIpc) is 2.76. The Bertz CT molecular complexity index is 344. The van der Waals surface area contributed by atoms with E-state index >= 15 is 0 Å². The summed E-state index contributed by atoms with van der Waals surface area (Å²) in [5, 5.41) is 4.66. The molecule has 3 nitrogen and oxygen atoms in total. The predicted octanol–water partition coefficient (Wildman–Crippen LogP) is 2.48. The van der Waals surface area contributed by atoms with Crippen molar-refractivity contribution in [1.82, 2.24) is 5.32 Å². The van der Waals surface area contributed by atoms with E-state index in [1.807, 2.05) is 25.3 Å². The second kappa shape index (κ2) is 6.43. The van der Waals surface area contributed by atoms with Crippen LogP contribution < -0.4 is 5.32 Å². The lowest BCUT2D eigenvalue weighted by Crippen LogP contribution is -2.27. The molecule has 1 N–H and O–H groups in total. The fraction of sp³-hybridized carbons (Fsp3) is 0.500. The summed E-state index contributed by atoms with van der Waals surface area (Å²) in [4.78, 5) is 23.7. The minimum atomic E-state index is -0.0430. The van der Waals surface area contributed by atoms with Gasteiger partial charge in [0.2, 0.25) is 5.91 Å². The number of rotatable bonds is 6. The van der Waals surface area contributed by atoms with E-state index in [0.717, 1.165) is 4.88 Å². The molecule has 0 radical (unpaired) electrons. The average molecular weight is 239 g/mol. The van der Waals surface area contributed by atoms with Gasteiger partial charge in [-0.25, -0.2) is 0 Å². The normalized spacial score (nSPS) is 10.4. The van der Waals surface area contributed by atoms with Crippen molar-refractivity contribution in [3.63, 3.8) is 0 Å². The van der Waals surface area contributed by atoms with Gasteiger partial charge < -0.3 is 5.32 Å². The maximum absolute atomic E-state index is 11.6. The van der Waals surface area contributed by atoms with Crippen molar-refractivity contribution in [2.75, 3.05) is 6.54 Å². The molecular formula is C12H17NO2S. The third-order valence-corrected chi connectivity index (χ3v) is 2.99. The summed E-state index contributed by atoms with van der Waals surface area (Å²) in [7, 11) is 0. The fourth-order valence-electron chi connectivity index (χ4n) is 1.19. The first kappa shape index (κ1) is 12.9. The van der Waals surface area contributed by atoms with E-state index in [0.29, 0.717) is 18.9 Å². The van der Waals surface area contributed by atoms with Crippen LogP contribution in [0.5, 0.6) is 0 Å². The van der Waals surface area contributed by atoms with Crippen LogP contribution in [0.3, 0.4) is 0 Å². The first-order chi connectivity index (χ1) is 7.59. The van der Waals surface area contributed by atoms with Crippen LogP contribution in [-0.4, -0.2) is 18.2 Å². The van der Waals surface area contributed by atoms with Gasteiger partial charge in [-0.3, -0.25) is 9.59 Å². The van der Waals surface area contributed by atoms with Gasteiger partial charge in [-0.1, -0.05) is 19.9 Å². The van der Waals surface area contributed by atoms with Gasteiger partial charge in [0.1, 0.15) is 0 Å². The Morgan fingerprint density at radius 2 is 2.12 bits per heavy atom. The second-order valence-electron chi connectivity index (χ2n) is 4.10. The van der Waals surface area contributed by atoms with Gasteiger partial charge >= 0.3 is 0 Å². The summed E-state index contributed by atoms with van der Waals surface area (Å²) in [6.07, 6.45) is 0.577. The van der Waals surface area contributed by atoms with E-state index < -0.39 is 0 Å². The first-order valence-corrected chi connectivity index (χ1v) is 6.31. The molecule has 0 bridgehead atoms. The highest BCUT2D eigenvalue weighted by Crippen LogP contribution is 2.12. The number of nitrogens with one attached hydrogen (secondary N) is 1. The Labute approximate surface area is 99.9 Å². The van der Waals surface area contributed by atoms with Gasteiger partial charge in [-0.05, 0) is 17.4 Å². The number of hydrogen-bond donors (Lipinski definition) is 1. The topological polar surface area (TPSA) is 46.2 Å².